The van der Waals surface area contributed by atoms with Crippen molar-refractivity contribution in [3.63, 3.8) is 0 Å². The first kappa shape index (κ1) is 26.5. The average Bonchev–Trinajstić information content (AvgIpc) is 3.79. The van der Waals surface area contributed by atoms with Crippen molar-refractivity contribution in [1.82, 2.24) is 19.8 Å². The molecule has 0 radical (unpaired) electrons. The van der Waals surface area contributed by atoms with Gasteiger partial charge >= 0.3 is 6.18 Å². The molecule has 3 saturated heterocycles. The zero-order valence-electron chi connectivity index (χ0n) is 22.0. The van der Waals surface area contributed by atoms with Crippen molar-refractivity contribution in [2.24, 2.45) is 0 Å². The van der Waals surface area contributed by atoms with Gasteiger partial charge in [-0.1, -0.05) is 6.07 Å². The Balaban J connectivity index is 1.18. The van der Waals surface area contributed by atoms with Gasteiger partial charge in [0.05, 0.1) is 24.9 Å². The number of ether oxygens (including phenoxy) is 2. The number of fused-ring (bicyclic) bond motifs is 1. The molecule has 6 rings (SSSR count). The first-order chi connectivity index (χ1) is 18.8. The van der Waals surface area contributed by atoms with Gasteiger partial charge in [-0.2, -0.15) is 13.2 Å². The number of nitrogens with one attached hydrogen (secondary N) is 1. The van der Waals surface area contributed by atoms with Gasteiger partial charge < -0.3 is 19.7 Å². The fourth-order valence-electron chi connectivity index (χ4n) is 6.02. The lowest BCUT2D eigenvalue weighted by Gasteiger charge is -2.49. The Bertz CT molecular complexity index is 1210. The molecule has 1 unspecified atom stereocenters. The van der Waals surface area contributed by atoms with Gasteiger partial charge in [-0.25, -0.2) is 9.97 Å². The second-order valence-electron chi connectivity index (χ2n) is 11.0. The molecule has 4 heterocycles. The first-order valence-corrected chi connectivity index (χ1v) is 13.8. The number of halogens is 3. The average molecular weight is 546 g/mol. The molecule has 1 aliphatic carbocycles. The predicted octanol–water partition coefficient (Wildman–Crippen LogP) is 4.52. The van der Waals surface area contributed by atoms with Crippen molar-refractivity contribution >= 4 is 17.4 Å². The number of likely N-dealkylation sites (tertiary alicyclic amines) is 1. The summed E-state index contributed by atoms with van der Waals surface area (Å²) in [5, 5.41) is 3.03. The molecule has 11 heteroatoms. The smallest absolute Gasteiger partial charge is 0.379 e. The molecule has 1 saturated carbocycles. The lowest BCUT2D eigenvalue weighted by Crippen LogP contribution is -2.60. The molecule has 2 aromatic rings. The Morgan fingerprint density at radius 1 is 1.05 bits per heavy atom. The molecule has 8 nitrogen and oxygen atoms in total. The highest BCUT2D eigenvalue weighted by Crippen LogP contribution is 2.40. The van der Waals surface area contributed by atoms with E-state index in [0.717, 1.165) is 57.4 Å². The third-order valence-electron chi connectivity index (χ3n) is 8.36. The predicted molar refractivity (Wildman–Crippen MR) is 138 cm³/mol. The fourth-order valence-corrected chi connectivity index (χ4v) is 6.02. The summed E-state index contributed by atoms with van der Waals surface area (Å²) in [6.45, 7) is 6.03. The van der Waals surface area contributed by atoms with Gasteiger partial charge in [-0.15, -0.1) is 0 Å². The number of rotatable bonds is 5. The van der Waals surface area contributed by atoms with Crippen LogP contribution in [0.4, 0.5) is 24.7 Å². The van der Waals surface area contributed by atoms with E-state index >= 15 is 0 Å². The molecule has 1 aromatic carbocycles. The zero-order valence-corrected chi connectivity index (χ0v) is 22.0. The summed E-state index contributed by atoms with van der Waals surface area (Å²) in [4.78, 5) is 27.4. The molecule has 1 aromatic heterocycles. The number of amides is 1. The van der Waals surface area contributed by atoms with Gasteiger partial charge in [0.2, 0.25) is 0 Å². The van der Waals surface area contributed by atoms with E-state index in [1.165, 1.54) is 6.07 Å². The van der Waals surface area contributed by atoms with Gasteiger partial charge in [0.1, 0.15) is 17.3 Å². The summed E-state index contributed by atoms with van der Waals surface area (Å²) in [7, 11) is 0. The quantitative estimate of drug-likeness (QED) is 0.592. The molecule has 0 bridgehead atoms. The SMILES string of the molecule is Cc1c(Nc2cccc(C(F)(F)F)c2)nc(C2CC2)nc1C(=O)N1CCC(N2CCOC3COCC[C@@H]32)CC1. The molecular weight excluding hydrogens is 511 g/mol. The Morgan fingerprint density at radius 2 is 1.85 bits per heavy atom. The van der Waals surface area contributed by atoms with E-state index in [0.29, 0.717) is 61.3 Å². The minimum atomic E-state index is -4.45. The molecular formula is C28H34F3N5O3. The van der Waals surface area contributed by atoms with Gasteiger partial charge in [-0.05, 0) is 57.2 Å². The third kappa shape index (κ3) is 5.62. The van der Waals surface area contributed by atoms with E-state index in [1.807, 2.05) is 4.90 Å². The normalized spacial score (nSPS) is 24.9. The number of carbonyl (C=O) groups excluding carboxylic acids is 1. The minimum Gasteiger partial charge on any atom is -0.379 e. The van der Waals surface area contributed by atoms with Gasteiger partial charge in [0.25, 0.3) is 5.91 Å². The third-order valence-corrected chi connectivity index (χ3v) is 8.36. The molecule has 4 fully saturated rings. The highest BCUT2D eigenvalue weighted by molar-refractivity contribution is 5.95. The number of aromatic nitrogens is 2. The topological polar surface area (TPSA) is 79.8 Å². The summed E-state index contributed by atoms with van der Waals surface area (Å²) in [5.74, 6) is 0.988. The van der Waals surface area contributed by atoms with E-state index < -0.39 is 11.7 Å². The number of anilines is 2. The van der Waals surface area contributed by atoms with Crippen molar-refractivity contribution in [3.8, 4) is 0 Å². The van der Waals surface area contributed by atoms with Crippen LogP contribution in [0.5, 0.6) is 0 Å². The Morgan fingerprint density at radius 3 is 2.59 bits per heavy atom. The Kier molecular flexibility index (Phi) is 7.24. The molecule has 4 aliphatic rings. The van der Waals surface area contributed by atoms with E-state index in [4.69, 9.17) is 9.47 Å². The summed E-state index contributed by atoms with van der Waals surface area (Å²) in [6, 6.07) is 5.78. The van der Waals surface area contributed by atoms with Crippen molar-refractivity contribution in [1.29, 1.82) is 0 Å². The van der Waals surface area contributed by atoms with E-state index in [9.17, 15) is 18.0 Å². The van der Waals surface area contributed by atoms with Crippen LogP contribution in [0.2, 0.25) is 0 Å². The number of carbonyl (C=O) groups is 1. The van der Waals surface area contributed by atoms with Crippen molar-refractivity contribution in [2.75, 3.05) is 44.8 Å². The highest BCUT2D eigenvalue weighted by atomic mass is 19.4. The number of benzene rings is 1. The van der Waals surface area contributed by atoms with E-state index in [1.54, 1.807) is 13.0 Å². The van der Waals surface area contributed by atoms with Crippen molar-refractivity contribution < 1.29 is 27.4 Å². The largest absolute Gasteiger partial charge is 0.416 e. The molecule has 210 valence electrons. The summed E-state index contributed by atoms with van der Waals surface area (Å²) >= 11 is 0. The number of morpholine rings is 1. The van der Waals surface area contributed by atoms with Crippen LogP contribution in [0.25, 0.3) is 0 Å². The minimum absolute atomic E-state index is 0.124. The maximum atomic E-state index is 13.7. The molecule has 39 heavy (non-hydrogen) atoms. The van der Waals surface area contributed by atoms with Crippen molar-refractivity contribution in [2.45, 2.75) is 69.3 Å². The van der Waals surface area contributed by atoms with Crippen molar-refractivity contribution in [3.05, 3.63) is 46.9 Å². The monoisotopic (exact) mass is 545 g/mol. The van der Waals surface area contributed by atoms with Crippen LogP contribution in [0, 0.1) is 6.92 Å². The summed E-state index contributed by atoms with van der Waals surface area (Å²) < 4.78 is 51.3. The molecule has 0 spiro atoms. The molecule has 2 atom stereocenters. The summed E-state index contributed by atoms with van der Waals surface area (Å²) in [5.41, 5.74) is 0.399. The maximum Gasteiger partial charge on any atom is 0.416 e. The highest BCUT2D eigenvalue weighted by Gasteiger charge is 2.40. The summed E-state index contributed by atoms with van der Waals surface area (Å²) in [6.07, 6.45) is 0.290. The zero-order chi connectivity index (χ0) is 27.1. The van der Waals surface area contributed by atoms with Crippen LogP contribution in [0.3, 0.4) is 0 Å². The fraction of sp³-hybridized carbons (Fsp3) is 0.607. The van der Waals surface area contributed by atoms with Gasteiger partial charge in [-0.3, -0.25) is 9.69 Å². The van der Waals surface area contributed by atoms with Crippen LogP contribution in [-0.2, 0) is 15.7 Å². The van der Waals surface area contributed by atoms with Crippen LogP contribution in [-0.4, -0.2) is 83.3 Å². The number of alkyl halides is 3. The lowest BCUT2D eigenvalue weighted by molar-refractivity contribution is -0.148. The number of hydrogen-bond acceptors (Lipinski definition) is 7. The number of hydrogen-bond donors (Lipinski definition) is 1. The number of nitrogens with zero attached hydrogens (tertiary/aromatic N) is 4. The van der Waals surface area contributed by atoms with Crippen LogP contribution in [0.1, 0.15) is 65.5 Å². The molecule has 1 amide bonds. The molecule has 1 N–H and O–H groups in total. The Labute approximate surface area is 225 Å². The van der Waals surface area contributed by atoms with E-state index in [-0.39, 0.29) is 23.6 Å². The maximum absolute atomic E-state index is 13.7. The first-order valence-electron chi connectivity index (χ1n) is 13.8. The second kappa shape index (κ2) is 10.7. The lowest BCUT2D eigenvalue weighted by atomic mass is 9.95. The van der Waals surface area contributed by atoms with Crippen LogP contribution in [0.15, 0.2) is 24.3 Å². The second-order valence-corrected chi connectivity index (χ2v) is 11.0. The number of piperidine rings is 1. The van der Waals surface area contributed by atoms with E-state index in [2.05, 4.69) is 20.2 Å². The van der Waals surface area contributed by atoms with Gasteiger partial charge in [0.15, 0.2) is 0 Å². The van der Waals surface area contributed by atoms with Crippen LogP contribution < -0.4 is 5.32 Å². The molecule has 3 aliphatic heterocycles. The Hall–Kier alpha value is -2.76. The van der Waals surface area contributed by atoms with Gasteiger partial charge in [0, 0.05) is 55.5 Å². The van der Waals surface area contributed by atoms with Crippen LogP contribution >= 0.6 is 0 Å². The standard InChI is InChI=1S/C28H34F3N5O3/c1-17-24(27(37)35-10-7-21(8-11-35)36-12-14-39-23-16-38-13-9-22(23)36)33-26(18-5-6-18)34-25(17)32-20-4-2-3-19(15-20)28(29,30)31/h2-4,15,18,21-23H,5-14,16H2,1H3,(H,32,33,34)/t22-,23?/m0/s1.